The van der Waals surface area contributed by atoms with Crippen LogP contribution in [0.2, 0.25) is 0 Å². The van der Waals surface area contributed by atoms with E-state index in [1.807, 2.05) is 0 Å². The van der Waals surface area contributed by atoms with Crippen molar-refractivity contribution in [2.24, 2.45) is 0 Å². The summed E-state index contributed by atoms with van der Waals surface area (Å²) < 4.78 is 30.8. The van der Waals surface area contributed by atoms with Crippen molar-refractivity contribution in [2.75, 3.05) is 33.2 Å². The predicted octanol–water partition coefficient (Wildman–Crippen LogP) is 0.488. The van der Waals surface area contributed by atoms with Gasteiger partial charge in [-0.3, -0.25) is 0 Å². The third-order valence-electron chi connectivity index (χ3n) is 3.39. The molecule has 1 aliphatic heterocycles. The van der Waals surface area contributed by atoms with Crippen molar-refractivity contribution < 1.29 is 17.9 Å². The largest absolute Gasteiger partial charge is 0.446 e. The van der Waals surface area contributed by atoms with Crippen molar-refractivity contribution in [1.82, 2.24) is 9.21 Å². The molecule has 1 saturated heterocycles. The minimum atomic E-state index is -3.59. The van der Waals surface area contributed by atoms with Crippen molar-refractivity contribution >= 4 is 10.0 Å². The molecular formula is C12H20N2O4S. The molecule has 0 aromatic carbocycles. The van der Waals surface area contributed by atoms with Crippen LogP contribution in [0.1, 0.15) is 18.6 Å². The molecule has 1 fully saturated rings. The van der Waals surface area contributed by atoms with Gasteiger partial charge in [0, 0.05) is 20.1 Å². The average Bonchev–Trinajstić information content (AvgIpc) is 3.06. The second-order valence-corrected chi connectivity index (χ2v) is 6.73. The molecule has 0 bridgehead atoms. The molecule has 0 amide bonds. The summed E-state index contributed by atoms with van der Waals surface area (Å²) in [6.07, 6.45) is 2.38. The average molecular weight is 288 g/mol. The maximum Gasteiger partial charge on any atom is 0.276 e. The number of likely N-dealkylation sites (tertiary alicyclic amines) is 1. The maximum atomic E-state index is 12.2. The Hall–Kier alpha value is -0.890. The van der Waals surface area contributed by atoms with Crippen LogP contribution in [0.25, 0.3) is 0 Å². The van der Waals surface area contributed by atoms with E-state index in [0.29, 0.717) is 6.54 Å². The zero-order chi connectivity index (χ0) is 13.9. The van der Waals surface area contributed by atoms with Gasteiger partial charge in [-0.25, -0.2) is 8.42 Å². The third kappa shape index (κ3) is 3.36. The molecule has 108 valence electrons. The van der Waals surface area contributed by atoms with Gasteiger partial charge in [-0.1, -0.05) is 0 Å². The minimum absolute atomic E-state index is 0.111. The van der Waals surface area contributed by atoms with Gasteiger partial charge in [0.05, 0.1) is 0 Å². The molecule has 0 saturated carbocycles. The Labute approximate surface area is 113 Å². The third-order valence-corrected chi connectivity index (χ3v) is 5.12. The van der Waals surface area contributed by atoms with Crippen LogP contribution in [0, 0.1) is 0 Å². The highest BCUT2D eigenvalue weighted by molar-refractivity contribution is 7.89. The highest BCUT2D eigenvalue weighted by Crippen LogP contribution is 2.18. The molecule has 1 N–H and O–H groups in total. The number of aliphatic hydroxyl groups is 1. The molecule has 6 nitrogen and oxygen atoms in total. The van der Waals surface area contributed by atoms with Gasteiger partial charge in [0.1, 0.15) is 12.4 Å². The molecule has 2 rings (SSSR count). The molecule has 0 spiro atoms. The summed E-state index contributed by atoms with van der Waals surface area (Å²) >= 11 is 0. The zero-order valence-electron chi connectivity index (χ0n) is 11.1. The Morgan fingerprint density at radius 1 is 1.37 bits per heavy atom. The quantitative estimate of drug-likeness (QED) is 0.824. The van der Waals surface area contributed by atoms with Crippen LogP contribution in [0.15, 0.2) is 21.6 Å². The summed E-state index contributed by atoms with van der Waals surface area (Å²) in [6.45, 7) is 2.97. The van der Waals surface area contributed by atoms with E-state index in [4.69, 9.17) is 9.52 Å². The highest BCUT2D eigenvalue weighted by atomic mass is 32.2. The fraction of sp³-hybridized carbons (Fsp3) is 0.667. The van der Waals surface area contributed by atoms with E-state index < -0.39 is 10.0 Å². The molecule has 1 aromatic rings. The van der Waals surface area contributed by atoms with Crippen LogP contribution in [0.5, 0.6) is 0 Å². The fourth-order valence-electron chi connectivity index (χ4n) is 2.14. The summed E-state index contributed by atoms with van der Waals surface area (Å²) in [4.78, 5) is 2.26. The van der Waals surface area contributed by atoms with Crippen LogP contribution < -0.4 is 0 Å². The van der Waals surface area contributed by atoms with Crippen LogP contribution >= 0.6 is 0 Å². The van der Waals surface area contributed by atoms with E-state index in [9.17, 15) is 8.42 Å². The van der Waals surface area contributed by atoms with Gasteiger partial charge in [-0.2, -0.15) is 4.31 Å². The summed E-state index contributed by atoms with van der Waals surface area (Å²) in [5.74, 6) is 0.256. The summed E-state index contributed by atoms with van der Waals surface area (Å²) in [5.41, 5.74) is 0. The first-order valence-corrected chi connectivity index (χ1v) is 7.86. The van der Waals surface area contributed by atoms with Crippen LogP contribution in [0.3, 0.4) is 0 Å². The summed E-state index contributed by atoms with van der Waals surface area (Å²) in [6, 6.07) is 2.86. The van der Waals surface area contributed by atoms with E-state index in [1.54, 1.807) is 7.05 Å². The Balaban J connectivity index is 1.97. The van der Waals surface area contributed by atoms with Gasteiger partial charge >= 0.3 is 0 Å². The number of nitrogens with zero attached hydrogens (tertiary/aromatic N) is 2. The lowest BCUT2D eigenvalue weighted by Gasteiger charge is -2.20. The van der Waals surface area contributed by atoms with Crippen molar-refractivity contribution in [3.05, 3.63) is 17.9 Å². The summed E-state index contributed by atoms with van der Waals surface area (Å²) in [5, 5.41) is 8.78. The lowest BCUT2D eigenvalue weighted by Crippen LogP contribution is -2.35. The predicted molar refractivity (Wildman–Crippen MR) is 70.1 cm³/mol. The van der Waals surface area contributed by atoms with Gasteiger partial charge in [-0.15, -0.1) is 0 Å². The van der Waals surface area contributed by atoms with E-state index in [2.05, 4.69) is 4.90 Å². The SMILES string of the molecule is CN(CCN1CCCC1)S(=O)(=O)c1ccc(CO)o1. The maximum absolute atomic E-state index is 12.2. The second-order valence-electron chi connectivity index (χ2n) is 4.75. The molecule has 1 aliphatic rings. The standard InChI is InChI=1S/C12H20N2O4S/c1-13(8-9-14-6-2-3-7-14)19(16,17)12-5-4-11(10-15)18-12/h4-5,15H,2-3,6-10H2,1H3. The van der Waals surface area contributed by atoms with E-state index in [0.717, 1.165) is 19.6 Å². The van der Waals surface area contributed by atoms with Crippen molar-refractivity contribution in [3.63, 3.8) is 0 Å². The molecule has 1 aromatic heterocycles. The van der Waals surface area contributed by atoms with Gasteiger partial charge in [-0.05, 0) is 38.1 Å². The first-order valence-electron chi connectivity index (χ1n) is 6.42. The van der Waals surface area contributed by atoms with Crippen LogP contribution in [-0.4, -0.2) is 56.0 Å². The van der Waals surface area contributed by atoms with Gasteiger partial charge in [0.15, 0.2) is 0 Å². The molecule has 7 heteroatoms. The molecule has 0 unspecified atom stereocenters. The topological polar surface area (TPSA) is 74.0 Å². The minimum Gasteiger partial charge on any atom is -0.446 e. The van der Waals surface area contributed by atoms with Gasteiger partial charge < -0.3 is 14.4 Å². The van der Waals surface area contributed by atoms with E-state index in [1.165, 1.54) is 29.3 Å². The monoisotopic (exact) mass is 288 g/mol. The Bertz CT molecular complexity index is 506. The normalized spacial score (nSPS) is 17.4. The first kappa shape index (κ1) is 14.5. The van der Waals surface area contributed by atoms with Crippen molar-refractivity contribution in [2.45, 2.75) is 24.5 Å². The number of sulfonamides is 1. The lowest BCUT2D eigenvalue weighted by atomic mass is 10.4. The molecular weight excluding hydrogens is 268 g/mol. The van der Waals surface area contributed by atoms with E-state index in [-0.39, 0.29) is 17.5 Å². The number of aliphatic hydroxyl groups excluding tert-OH is 1. The number of furan rings is 1. The Morgan fingerprint density at radius 2 is 2.05 bits per heavy atom. The number of rotatable bonds is 6. The molecule has 2 heterocycles. The van der Waals surface area contributed by atoms with Gasteiger partial charge in [0.25, 0.3) is 10.0 Å². The lowest BCUT2D eigenvalue weighted by molar-refractivity contribution is 0.235. The van der Waals surface area contributed by atoms with Gasteiger partial charge in [0.2, 0.25) is 5.09 Å². The van der Waals surface area contributed by atoms with Crippen LogP contribution in [0.4, 0.5) is 0 Å². The smallest absolute Gasteiger partial charge is 0.276 e. The Morgan fingerprint density at radius 3 is 2.63 bits per heavy atom. The molecule has 19 heavy (non-hydrogen) atoms. The zero-order valence-corrected chi connectivity index (χ0v) is 11.9. The van der Waals surface area contributed by atoms with E-state index >= 15 is 0 Å². The molecule has 0 aliphatic carbocycles. The second kappa shape index (κ2) is 6.04. The van der Waals surface area contributed by atoms with Crippen molar-refractivity contribution in [1.29, 1.82) is 0 Å². The highest BCUT2D eigenvalue weighted by Gasteiger charge is 2.25. The fourth-order valence-corrected chi connectivity index (χ4v) is 3.23. The first-order chi connectivity index (χ1) is 9.04. The number of likely N-dealkylation sites (N-methyl/N-ethyl adjacent to an activating group) is 1. The molecule has 0 radical (unpaired) electrons. The van der Waals surface area contributed by atoms with Crippen LogP contribution in [-0.2, 0) is 16.6 Å². The Kier molecular flexibility index (Phi) is 4.62. The summed E-state index contributed by atoms with van der Waals surface area (Å²) in [7, 11) is -2.04. The number of hydrogen-bond acceptors (Lipinski definition) is 5. The molecule has 0 atom stereocenters. The van der Waals surface area contributed by atoms with Crippen molar-refractivity contribution in [3.8, 4) is 0 Å². The number of hydrogen-bond donors (Lipinski definition) is 1.